The Labute approximate surface area is 122 Å². The molecule has 0 spiro atoms. The van der Waals surface area contributed by atoms with Crippen molar-refractivity contribution >= 4 is 38.3 Å². The van der Waals surface area contributed by atoms with Crippen LogP contribution in [-0.4, -0.2) is 36.7 Å². The van der Waals surface area contributed by atoms with Gasteiger partial charge in [-0.05, 0) is 25.0 Å². The zero-order valence-electron chi connectivity index (χ0n) is 10.7. The fourth-order valence-electron chi connectivity index (χ4n) is 2.42. The Balaban J connectivity index is 1.64. The van der Waals surface area contributed by atoms with Crippen molar-refractivity contribution in [3.8, 4) is 0 Å². The van der Waals surface area contributed by atoms with Crippen molar-refractivity contribution in [1.29, 1.82) is 0 Å². The highest BCUT2D eigenvalue weighted by atomic mass is 35.5. The van der Waals surface area contributed by atoms with Crippen molar-refractivity contribution in [3.63, 3.8) is 0 Å². The predicted molar refractivity (Wildman–Crippen MR) is 81.5 cm³/mol. The minimum atomic E-state index is 0.365. The van der Waals surface area contributed by atoms with E-state index in [9.17, 15) is 0 Å². The average molecular weight is 297 g/mol. The first-order valence-electron chi connectivity index (χ1n) is 6.65. The van der Waals surface area contributed by atoms with Crippen LogP contribution in [0.25, 0.3) is 10.2 Å². The normalized spacial score (nSPS) is 17.2. The van der Waals surface area contributed by atoms with Crippen LogP contribution >= 0.6 is 22.9 Å². The minimum absolute atomic E-state index is 0.365. The van der Waals surface area contributed by atoms with E-state index in [0.29, 0.717) is 18.6 Å². The van der Waals surface area contributed by atoms with Gasteiger partial charge in [-0.1, -0.05) is 23.5 Å². The van der Waals surface area contributed by atoms with Crippen LogP contribution in [0.1, 0.15) is 12.8 Å². The first-order chi connectivity index (χ1) is 9.36. The molecule has 0 aliphatic carbocycles. The number of piperidine rings is 1. The third-order valence-electron chi connectivity index (χ3n) is 3.43. The Bertz CT molecular complexity index is 504. The molecule has 1 aliphatic heterocycles. The zero-order chi connectivity index (χ0) is 13.1. The number of anilines is 1. The molecule has 2 heterocycles. The van der Waals surface area contributed by atoms with Crippen LogP contribution in [0.3, 0.4) is 0 Å². The van der Waals surface area contributed by atoms with Crippen LogP contribution in [0.15, 0.2) is 24.3 Å². The summed E-state index contributed by atoms with van der Waals surface area (Å²) in [6.07, 6.45) is 2.49. The smallest absolute Gasteiger partial charge is 0.186 e. The topological polar surface area (TPSA) is 25.4 Å². The average Bonchev–Trinajstić information content (AvgIpc) is 2.89. The van der Waals surface area contributed by atoms with Gasteiger partial charge in [0.15, 0.2) is 5.13 Å². The molecule has 1 saturated heterocycles. The summed E-state index contributed by atoms with van der Waals surface area (Å²) >= 11 is 7.42. The summed E-state index contributed by atoms with van der Waals surface area (Å²) in [4.78, 5) is 7.07. The van der Waals surface area contributed by atoms with E-state index in [1.165, 1.54) is 4.70 Å². The van der Waals surface area contributed by atoms with Gasteiger partial charge in [0.1, 0.15) is 0 Å². The zero-order valence-corrected chi connectivity index (χ0v) is 12.3. The van der Waals surface area contributed by atoms with E-state index in [2.05, 4.69) is 23.1 Å². The highest BCUT2D eigenvalue weighted by Crippen LogP contribution is 2.30. The number of alkyl halides is 1. The molecule has 0 N–H and O–H groups in total. The lowest BCUT2D eigenvalue weighted by Crippen LogP contribution is -2.37. The fraction of sp³-hybridized carbons (Fsp3) is 0.500. The number of fused-ring (bicyclic) bond motifs is 1. The van der Waals surface area contributed by atoms with Gasteiger partial charge in [-0.2, -0.15) is 0 Å². The Morgan fingerprint density at radius 1 is 1.32 bits per heavy atom. The minimum Gasteiger partial charge on any atom is -0.377 e. The summed E-state index contributed by atoms with van der Waals surface area (Å²) < 4.78 is 6.96. The van der Waals surface area contributed by atoms with Crippen molar-refractivity contribution in [1.82, 2.24) is 4.98 Å². The molecule has 1 fully saturated rings. The molecule has 1 aromatic heterocycles. The van der Waals surface area contributed by atoms with E-state index in [4.69, 9.17) is 21.3 Å². The van der Waals surface area contributed by atoms with E-state index >= 15 is 0 Å². The van der Waals surface area contributed by atoms with E-state index in [0.717, 1.165) is 36.6 Å². The van der Waals surface area contributed by atoms with E-state index in [-0.39, 0.29) is 0 Å². The predicted octanol–water partition coefficient (Wildman–Crippen LogP) is 3.52. The Morgan fingerprint density at radius 2 is 2.11 bits per heavy atom. The summed E-state index contributed by atoms with van der Waals surface area (Å²) in [6, 6.07) is 8.31. The van der Waals surface area contributed by atoms with E-state index < -0.39 is 0 Å². The molecule has 0 saturated carbocycles. The van der Waals surface area contributed by atoms with Crippen LogP contribution in [0.5, 0.6) is 0 Å². The van der Waals surface area contributed by atoms with Gasteiger partial charge in [-0.3, -0.25) is 0 Å². The van der Waals surface area contributed by atoms with Gasteiger partial charge >= 0.3 is 0 Å². The van der Waals surface area contributed by atoms with Crippen LogP contribution in [-0.2, 0) is 4.74 Å². The molecule has 0 atom stereocenters. The lowest BCUT2D eigenvalue weighted by atomic mass is 10.1. The van der Waals surface area contributed by atoms with Gasteiger partial charge < -0.3 is 9.64 Å². The molecule has 1 aliphatic rings. The summed E-state index contributed by atoms with van der Waals surface area (Å²) in [7, 11) is 0. The number of para-hydroxylation sites is 1. The number of benzene rings is 1. The first-order valence-corrected chi connectivity index (χ1v) is 8.00. The molecule has 0 amide bonds. The molecular weight excluding hydrogens is 280 g/mol. The van der Waals surface area contributed by atoms with Crippen LogP contribution in [0.2, 0.25) is 0 Å². The highest BCUT2D eigenvalue weighted by molar-refractivity contribution is 7.22. The van der Waals surface area contributed by atoms with Gasteiger partial charge in [0.2, 0.25) is 0 Å². The van der Waals surface area contributed by atoms with Gasteiger partial charge in [0.25, 0.3) is 0 Å². The number of halogens is 1. The monoisotopic (exact) mass is 296 g/mol. The van der Waals surface area contributed by atoms with Crippen molar-refractivity contribution in [2.75, 3.05) is 30.5 Å². The lowest BCUT2D eigenvalue weighted by Gasteiger charge is -2.31. The van der Waals surface area contributed by atoms with Crippen molar-refractivity contribution in [2.45, 2.75) is 18.9 Å². The third-order valence-corrected chi connectivity index (χ3v) is 4.68. The largest absolute Gasteiger partial charge is 0.377 e. The van der Waals surface area contributed by atoms with Gasteiger partial charge in [-0.25, -0.2) is 4.98 Å². The van der Waals surface area contributed by atoms with E-state index in [1.807, 2.05) is 6.07 Å². The number of nitrogens with zero attached hydrogens (tertiary/aromatic N) is 2. The SMILES string of the molecule is ClCCOC1CCN(c2nc3ccccc3s2)CC1. The lowest BCUT2D eigenvalue weighted by molar-refractivity contribution is 0.0472. The van der Waals surface area contributed by atoms with Crippen molar-refractivity contribution in [3.05, 3.63) is 24.3 Å². The number of thiazole rings is 1. The number of ether oxygens (including phenoxy) is 1. The molecule has 0 radical (unpaired) electrons. The first kappa shape index (κ1) is 13.2. The Hall–Kier alpha value is -0.840. The van der Waals surface area contributed by atoms with Gasteiger partial charge in [-0.15, -0.1) is 11.6 Å². The second kappa shape index (κ2) is 6.07. The number of hydrogen-bond donors (Lipinski definition) is 0. The number of rotatable bonds is 4. The van der Waals surface area contributed by atoms with E-state index in [1.54, 1.807) is 11.3 Å². The molecule has 3 rings (SSSR count). The second-order valence-electron chi connectivity index (χ2n) is 4.71. The van der Waals surface area contributed by atoms with Crippen LogP contribution < -0.4 is 4.90 Å². The maximum absolute atomic E-state index is 5.70. The molecule has 1 aromatic carbocycles. The molecule has 19 heavy (non-hydrogen) atoms. The molecular formula is C14H17ClN2OS. The van der Waals surface area contributed by atoms with Crippen molar-refractivity contribution < 1.29 is 4.74 Å². The van der Waals surface area contributed by atoms with Gasteiger partial charge in [0, 0.05) is 19.0 Å². The summed E-state index contributed by atoms with van der Waals surface area (Å²) in [5, 5.41) is 1.14. The summed E-state index contributed by atoms with van der Waals surface area (Å²) in [5.74, 6) is 0.581. The quantitative estimate of drug-likeness (QED) is 0.807. The number of hydrogen-bond acceptors (Lipinski definition) is 4. The Kier molecular flexibility index (Phi) is 4.21. The maximum Gasteiger partial charge on any atom is 0.186 e. The summed E-state index contributed by atoms with van der Waals surface area (Å²) in [6.45, 7) is 2.70. The Morgan fingerprint density at radius 3 is 2.84 bits per heavy atom. The van der Waals surface area contributed by atoms with Crippen LogP contribution in [0.4, 0.5) is 5.13 Å². The molecule has 2 aromatic rings. The molecule has 5 heteroatoms. The van der Waals surface area contributed by atoms with Crippen molar-refractivity contribution in [2.24, 2.45) is 0 Å². The van der Waals surface area contributed by atoms with Crippen LogP contribution in [0, 0.1) is 0 Å². The molecule has 0 bridgehead atoms. The second-order valence-corrected chi connectivity index (χ2v) is 6.10. The summed E-state index contributed by atoms with van der Waals surface area (Å²) in [5.41, 5.74) is 1.10. The van der Waals surface area contributed by atoms with Gasteiger partial charge in [0.05, 0.1) is 22.9 Å². The molecule has 3 nitrogen and oxygen atoms in total. The number of aromatic nitrogens is 1. The third kappa shape index (κ3) is 3.02. The molecule has 102 valence electrons. The standard InChI is InChI=1S/C14H17ClN2OS/c15-7-10-18-11-5-8-17(9-6-11)14-16-12-3-1-2-4-13(12)19-14/h1-4,11H,5-10H2. The fourth-order valence-corrected chi connectivity index (χ4v) is 3.53. The maximum atomic E-state index is 5.70. The highest BCUT2D eigenvalue weighted by Gasteiger charge is 2.21. The molecule has 0 unspecified atom stereocenters.